The van der Waals surface area contributed by atoms with E-state index < -0.39 is 39.7 Å². The summed E-state index contributed by atoms with van der Waals surface area (Å²) in [4.78, 5) is 25.8. The van der Waals surface area contributed by atoms with Crippen LogP contribution in [0.1, 0.15) is 31.1 Å². The first-order chi connectivity index (χ1) is 17.9. The van der Waals surface area contributed by atoms with Gasteiger partial charge in [0.15, 0.2) is 11.5 Å². The number of ether oxygens (including phenoxy) is 2. The molecule has 0 aromatic heterocycles. The fourth-order valence-electron chi connectivity index (χ4n) is 3.78. The summed E-state index contributed by atoms with van der Waals surface area (Å²) in [5, 5.41) is 5.45. The minimum Gasteiger partial charge on any atom is -0.486 e. The largest absolute Gasteiger partial charge is 0.486 e. The van der Waals surface area contributed by atoms with E-state index in [1.54, 1.807) is 18.2 Å². The van der Waals surface area contributed by atoms with Crippen molar-refractivity contribution in [2.75, 3.05) is 29.4 Å². The predicted octanol–water partition coefficient (Wildman–Crippen LogP) is 3.96. The minimum atomic E-state index is -4.35. The van der Waals surface area contributed by atoms with Crippen LogP contribution in [0, 0.1) is 5.82 Å². The van der Waals surface area contributed by atoms with E-state index in [4.69, 9.17) is 9.47 Å². The number of rotatable bonds is 7. The highest BCUT2D eigenvalue weighted by Gasteiger charge is 2.30. The third-order valence-electron chi connectivity index (χ3n) is 5.42. The number of hydrogen-bond acceptors (Lipinski definition) is 6. The molecule has 0 aliphatic carbocycles. The average Bonchev–Trinajstić information content (AvgIpc) is 2.86. The van der Waals surface area contributed by atoms with Crippen molar-refractivity contribution >= 4 is 33.2 Å². The van der Waals surface area contributed by atoms with Gasteiger partial charge < -0.3 is 20.1 Å². The first-order valence-corrected chi connectivity index (χ1v) is 13.3. The van der Waals surface area contributed by atoms with Crippen molar-refractivity contribution in [2.24, 2.45) is 0 Å². The van der Waals surface area contributed by atoms with Gasteiger partial charge >= 0.3 is 0 Å². The Balaban J connectivity index is 1.65. The predicted molar refractivity (Wildman–Crippen MR) is 141 cm³/mol. The zero-order valence-corrected chi connectivity index (χ0v) is 22.0. The summed E-state index contributed by atoms with van der Waals surface area (Å²) in [6.07, 6.45) is 0. The molecule has 9 nitrogen and oxygen atoms in total. The van der Waals surface area contributed by atoms with Gasteiger partial charge in [-0.25, -0.2) is 12.8 Å². The molecule has 11 heteroatoms. The summed E-state index contributed by atoms with van der Waals surface area (Å²) in [5.74, 6) is -1.16. The summed E-state index contributed by atoms with van der Waals surface area (Å²) in [5.41, 5.74) is -0.146. The van der Waals surface area contributed by atoms with Crippen molar-refractivity contribution in [3.63, 3.8) is 0 Å². The van der Waals surface area contributed by atoms with Gasteiger partial charge in [0.25, 0.3) is 15.9 Å². The molecule has 38 heavy (non-hydrogen) atoms. The summed E-state index contributed by atoms with van der Waals surface area (Å²) >= 11 is 0. The highest BCUT2D eigenvalue weighted by Crippen LogP contribution is 2.34. The molecule has 0 unspecified atom stereocenters. The summed E-state index contributed by atoms with van der Waals surface area (Å²) < 4.78 is 53.3. The molecule has 1 aliphatic rings. The topological polar surface area (TPSA) is 114 Å². The number of para-hydroxylation sites is 1. The van der Waals surface area contributed by atoms with Crippen molar-refractivity contribution in [1.29, 1.82) is 0 Å². The molecule has 2 N–H and O–H groups in total. The first-order valence-electron chi connectivity index (χ1n) is 11.8. The maximum Gasteiger partial charge on any atom is 0.264 e. The quantitative estimate of drug-likeness (QED) is 0.468. The molecule has 1 heterocycles. The van der Waals surface area contributed by atoms with Crippen LogP contribution in [-0.2, 0) is 14.8 Å². The average molecular weight is 542 g/mol. The number of benzene rings is 3. The molecule has 2 amide bonds. The van der Waals surface area contributed by atoms with Crippen molar-refractivity contribution in [3.8, 4) is 11.5 Å². The lowest BCUT2D eigenvalue weighted by molar-refractivity contribution is -0.114. The van der Waals surface area contributed by atoms with Crippen LogP contribution in [-0.4, -0.2) is 45.5 Å². The van der Waals surface area contributed by atoms with E-state index in [2.05, 4.69) is 10.6 Å². The van der Waals surface area contributed by atoms with E-state index >= 15 is 0 Å². The number of nitrogens with one attached hydrogen (secondary N) is 2. The minimum absolute atomic E-state index is 0.0474. The second-order valence-corrected chi connectivity index (χ2v) is 11.5. The van der Waals surface area contributed by atoms with Gasteiger partial charge in [-0.1, -0.05) is 18.2 Å². The molecule has 1 aliphatic heterocycles. The molecule has 3 aromatic carbocycles. The molecule has 0 saturated carbocycles. The maximum absolute atomic E-state index is 14.1. The lowest BCUT2D eigenvalue weighted by atomic mass is 10.1. The lowest BCUT2D eigenvalue weighted by Crippen LogP contribution is -2.41. The Morgan fingerprint density at radius 2 is 1.66 bits per heavy atom. The summed E-state index contributed by atoms with van der Waals surface area (Å²) in [7, 11) is -4.35. The molecule has 0 bridgehead atoms. The number of nitrogens with zero attached hydrogens (tertiary/aromatic N) is 1. The molecule has 0 spiro atoms. The van der Waals surface area contributed by atoms with E-state index in [1.165, 1.54) is 42.5 Å². The lowest BCUT2D eigenvalue weighted by Gasteiger charge is -2.26. The molecular formula is C27H28FN3O6S. The van der Waals surface area contributed by atoms with Gasteiger partial charge in [0, 0.05) is 11.6 Å². The number of halogens is 1. The van der Waals surface area contributed by atoms with E-state index in [-0.39, 0.29) is 34.2 Å². The number of amides is 2. The smallest absolute Gasteiger partial charge is 0.264 e. The van der Waals surface area contributed by atoms with Gasteiger partial charge in [-0.3, -0.25) is 13.9 Å². The number of anilines is 2. The van der Waals surface area contributed by atoms with Gasteiger partial charge in [0.05, 0.1) is 21.8 Å². The van der Waals surface area contributed by atoms with Crippen LogP contribution in [0.15, 0.2) is 71.6 Å². The van der Waals surface area contributed by atoms with Crippen molar-refractivity contribution in [1.82, 2.24) is 5.32 Å². The number of carbonyl (C=O) groups is 2. The number of hydrogen-bond donors (Lipinski definition) is 2. The third-order valence-corrected chi connectivity index (χ3v) is 7.19. The SMILES string of the molecule is CC(C)(C)NC(=O)c1ccccc1NC(=O)CN(c1cccc(F)c1)S(=O)(=O)c1ccc2c(c1)OCCO2. The highest BCUT2D eigenvalue weighted by atomic mass is 32.2. The Morgan fingerprint density at radius 1 is 0.947 bits per heavy atom. The molecule has 3 aromatic rings. The Hall–Kier alpha value is -4.12. The summed E-state index contributed by atoms with van der Waals surface area (Å²) in [6, 6.07) is 15.4. The van der Waals surface area contributed by atoms with Gasteiger partial charge in [-0.2, -0.15) is 0 Å². The zero-order chi connectivity index (χ0) is 27.5. The van der Waals surface area contributed by atoms with Crippen molar-refractivity contribution in [2.45, 2.75) is 31.2 Å². The number of sulfonamides is 1. The van der Waals surface area contributed by atoms with Gasteiger partial charge in [0.2, 0.25) is 5.91 Å². The Kier molecular flexibility index (Phi) is 7.58. The maximum atomic E-state index is 14.1. The Bertz CT molecular complexity index is 1470. The standard InChI is InChI=1S/C27H28FN3O6S/c1-27(2,3)30-26(33)21-9-4-5-10-22(21)29-25(32)17-31(19-8-6-7-18(28)15-19)38(34,35)20-11-12-23-24(16-20)37-14-13-36-23/h4-12,15-16H,13-14,17H2,1-3H3,(H,29,32)(H,30,33). The molecule has 0 atom stereocenters. The van der Waals surface area contributed by atoms with Crippen LogP contribution in [0.2, 0.25) is 0 Å². The van der Waals surface area contributed by atoms with Crippen LogP contribution in [0.3, 0.4) is 0 Å². The van der Waals surface area contributed by atoms with Crippen LogP contribution < -0.4 is 24.4 Å². The Labute approximate surface area is 220 Å². The normalized spacial score (nSPS) is 12.9. The van der Waals surface area contributed by atoms with Crippen LogP contribution in [0.25, 0.3) is 0 Å². The number of carbonyl (C=O) groups excluding carboxylic acids is 2. The zero-order valence-electron chi connectivity index (χ0n) is 21.2. The Morgan fingerprint density at radius 3 is 2.37 bits per heavy atom. The van der Waals surface area contributed by atoms with E-state index in [0.717, 1.165) is 10.4 Å². The second kappa shape index (κ2) is 10.7. The van der Waals surface area contributed by atoms with E-state index in [1.807, 2.05) is 20.8 Å². The van der Waals surface area contributed by atoms with Crippen LogP contribution in [0.5, 0.6) is 11.5 Å². The van der Waals surface area contributed by atoms with E-state index in [0.29, 0.717) is 12.4 Å². The first kappa shape index (κ1) is 26.9. The highest BCUT2D eigenvalue weighted by molar-refractivity contribution is 7.92. The monoisotopic (exact) mass is 541 g/mol. The molecule has 0 radical (unpaired) electrons. The fourth-order valence-corrected chi connectivity index (χ4v) is 5.20. The molecule has 4 rings (SSSR count). The van der Waals surface area contributed by atoms with Gasteiger partial charge in [-0.15, -0.1) is 0 Å². The van der Waals surface area contributed by atoms with E-state index in [9.17, 15) is 22.4 Å². The molecule has 200 valence electrons. The molecule has 0 saturated heterocycles. The summed E-state index contributed by atoms with van der Waals surface area (Å²) in [6.45, 7) is 5.39. The molecular weight excluding hydrogens is 513 g/mol. The molecule has 0 fully saturated rings. The van der Waals surface area contributed by atoms with Crippen LogP contribution >= 0.6 is 0 Å². The number of fused-ring (bicyclic) bond motifs is 1. The van der Waals surface area contributed by atoms with Crippen LogP contribution in [0.4, 0.5) is 15.8 Å². The van der Waals surface area contributed by atoms with Crippen molar-refractivity contribution < 1.29 is 31.9 Å². The fraction of sp³-hybridized carbons (Fsp3) is 0.259. The van der Waals surface area contributed by atoms with Crippen molar-refractivity contribution in [3.05, 3.63) is 78.1 Å². The third kappa shape index (κ3) is 6.23. The van der Waals surface area contributed by atoms with Gasteiger partial charge in [-0.05, 0) is 63.2 Å². The van der Waals surface area contributed by atoms with Gasteiger partial charge in [0.1, 0.15) is 25.6 Å². The second-order valence-electron chi connectivity index (χ2n) is 9.59.